The minimum Gasteiger partial charge on any atom is -0.394 e. The monoisotopic (exact) mass is 341 g/mol. The van der Waals surface area contributed by atoms with Gasteiger partial charge in [0.25, 0.3) is 0 Å². The van der Waals surface area contributed by atoms with Gasteiger partial charge in [0, 0.05) is 9.52 Å². The first-order valence-electron chi connectivity index (χ1n) is 7.48. The van der Waals surface area contributed by atoms with Gasteiger partial charge in [-0.05, 0) is 6.92 Å². The van der Waals surface area contributed by atoms with E-state index in [1.54, 1.807) is 0 Å². The third-order valence-corrected chi connectivity index (χ3v) is 3.57. The molecule has 1 saturated heterocycles. The number of rotatable bonds is 2. The van der Waals surface area contributed by atoms with Crippen LogP contribution in [-0.4, -0.2) is 68.8 Å². The van der Waals surface area contributed by atoms with E-state index in [2.05, 4.69) is 28.0 Å². The zero-order valence-corrected chi connectivity index (χ0v) is 14.8. The van der Waals surface area contributed by atoms with Gasteiger partial charge in [0.05, 0.1) is 12.9 Å². The lowest BCUT2D eigenvalue weighted by molar-refractivity contribution is -0.0950. The third kappa shape index (κ3) is 3.08. The summed E-state index contributed by atoms with van der Waals surface area (Å²) in [6.45, 7) is 5.55. The molecule has 3 heterocycles. The van der Waals surface area contributed by atoms with E-state index in [9.17, 15) is 15.3 Å². The van der Waals surface area contributed by atoms with Crippen LogP contribution < -0.4 is 5.73 Å². The summed E-state index contributed by atoms with van der Waals surface area (Å²) in [5.41, 5.74) is 4.87. The Bertz CT molecular complexity index is 665. The fourth-order valence-electron chi connectivity index (χ4n) is 2.43. The largest absolute Gasteiger partial charge is 0.394 e. The molecule has 2 aromatic rings. The Labute approximate surface area is 136 Å². The van der Waals surface area contributed by atoms with Crippen molar-refractivity contribution in [3.05, 3.63) is 12.7 Å². The molecule has 5 N–H and O–H groups in total. The van der Waals surface area contributed by atoms with Crippen molar-refractivity contribution in [1.82, 2.24) is 19.5 Å². The third-order valence-electron chi connectivity index (χ3n) is 3.57. The van der Waals surface area contributed by atoms with Crippen LogP contribution in [0.1, 0.15) is 13.2 Å². The first-order valence-corrected chi connectivity index (χ1v) is 10.3. The number of ether oxygens (including phenoxy) is 1. The molecule has 10 heteroatoms. The van der Waals surface area contributed by atoms with Crippen molar-refractivity contribution < 1.29 is 20.1 Å². The van der Waals surface area contributed by atoms with Crippen molar-refractivity contribution in [2.75, 3.05) is 12.3 Å². The molecule has 1 fully saturated rings. The maximum absolute atomic E-state index is 10.4. The molecule has 3 rings (SSSR count). The van der Waals surface area contributed by atoms with Crippen molar-refractivity contribution in [3.8, 4) is 0 Å². The summed E-state index contributed by atoms with van der Waals surface area (Å²) >= 11 is 0. The van der Waals surface area contributed by atoms with E-state index in [0.29, 0.717) is 20.7 Å². The topological polar surface area (TPSA) is 140 Å². The number of nitrogens with zero attached hydrogens (tertiary/aromatic N) is 4. The number of aliphatic hydroxyl groups is 3. The summed E-state index contributed by atoms with van der Waals surface area (Å²) in [5.74, 6) is 0.214. The summed E-state index contributed by atoms with van der Waals surface area (Å²) in [5, 5.41) is 29.6. The average molecular weight is 341 g/mol. The standard InChI is InChI=1S/C11H15N5O4.C2H8Si/c1-11(19)7(18)5(2-17)20-10(11)16-4-15-6-8(12)13-3-14-9(6)16;1-3-2/h3-5,7,10,17-19H,2H2,1H3,(H2,12,13,14);3H2,1-2H3/t5-,7-,10-,11-;/m1./s1. The zero-order chi connectivity index (χ0) is 17.2. The molecule has 0 amide bonds. The number of aromatic nitrogens is 4. The number of hydrogen-bond donors (Lipinski definition) is 4. The molecule has 0 aliphatic carbocycles. The lowest BCUT2D eigenvalue weighted by atomic mass is 9.96. The molecule has 4 atom stereocenters. The van der Waals surface area contributed by atoms with E-state index in [1.165, 1.54) is 24.1 Å². The predicted molar refractivity (Wildman–Crippen MR) is 87.6 cm³/mol. The highest BCUT2D eigenvalue weighted by atomic mass is 28.2. The second-order valence-corrected chi connectivity index (χ2v) is 7.08. The Morgan fingerprint density at radius 3 is 2.61 bits per heavy atom. The molecule has 0 aromatic carbocycles. The summed E-state index contributed by atoms with van der Waals surface area (Å²) in [7, 11) is 0.417. The van der Waals surface area contributed by atoms with E-state index < -0.39 is 30.6 Å². The first kappa shape index (κ1) is 17.8. The summed E-state index contributed by atoms with van der Waals surface area (Å²) in [6, 6.07) is 0. The van der Waals surface area contributed by atoms with E-state index in [4.69, 9.17) is 10.5 Å². The number of nitrogens with two attached hydrogens (primary N) is 1. The fourth-order valence-corrected chi connectivity index (χ4v) is 2.43. The van der Waals surface area contributed by atoms with Gasteiger partial charge in [0.15, 0.2) is 17.7 Å². The average Bonchev–Trinajstić information content (AvgIpc) is 3.02. The molecule has 0 unspecified atom stereocenters. The van der Waals surface area contributed by atoms with Gasteiger partial charge in [-0.1, -0.05) is 13.1 Å². The van der Waals surface area contributed by atoms with Gasteiger partial charge in [-0.3, -0.25) is 4.57 Å². The molecule has 0 radical (unpaired) electrons. The van der Waals surface area contributed by atoms with Gasteiger partial charge >= 0.3 is 0 Å². The Morgan fingerprint density at radius 1 is 1.39 bits per heavy atom. The molecule has 0 spiro atoms. The number of imidazole rings is 1. The number of fused-ring (bicyclic) bond motifs is 1. The zero-order valence-electron chi connectivity index (χ0n) is 13.4. The highest BCUT2D eigenvalue weighted by Crippen LogP contribution is 2.39. The van der Waals surface area contributed by atoms with Crippen LogP contribution in [0.15, 0.2) is 12.7 Å². The normalized spacial score (nSPS) is 30.3. The minimum absolute atomic E-state index is 0.214. The molecule has 0 saturated carbocycles. The predicted octanol–water partition coefficient (Wildman–Crippen LogP) is -1.34. The highest BCUT2D eigenvalue weighted by Gasteiger charge is 2.53. The van der Waals surface area contributed by atoms with Crippen molar-refractivity contribution in [3.63, 3.8) is 0 Å². The van der Waals surface area contributed by atoms with E-state index in [-0.39, 0.29) is 5.82 Å². The Balaban J connectivity index is 0.000000595. The minimum atomic E-state index is -1.60. The number of aliphatic hydroxyl groups excluding tert-OH is 2. The van der Waals surface area contributed by atoms with Crippen LogP contribution >= 0.6 is 0 Å². The number of anilines is 1. The van der Waals surface area contributed by atoms with Gasteiger partial charge in [-0.25, -0.2) is 15.0 Å². The van der Waals surface area contributed by atoms with Gasteiger partial charge in [0.1, 0.15) is 29.7 Å². The van der Waals surface area contributed by atoms with Crippen molar-refractivity contribution in [1.29, 1.82) is 0 Å². The Morgan fingerprint density at radius 2 is 2.04 bits per heavy atom. The first-order chi connectivity index (χ1) is 10.9. The number of hydrogen-bond acceptors (Lipinski definition) is 8. The molecule has 2 aromatic heterocycles. The van der Waals surface area contributed by atoms with Gasteiger partial charge in [-0.15, -0.1) is 0 Å². The van der Waals surface area contributed by atoms with E-state index in [0.717, 1.165) is 0 Å². The van der Waals surface area contributed by atoms with E-state index in [1.807, 2.05) is 0 Å². The lowest BCUT2D eigenvalue weighted by Crippen LogP contribution is -2.44. The fraction of sp³-hybridized carbons (Fsp3) is 0.615. The second-order valence-electron chi connectivity index (χ2n) is 5.67. The van der Waals surface area contributed by atoms with E-state index >= 15 is 0 Å². The number of nitrogen functional groups attached to an aromatic ring is 1. The Kier molecular flexibility index (Phi) is 5.32. The van der Waals surface area contributed by atoms with Crippen LogP contribution in [0.3, 0.4) is 0 Å². The van der Waals surface area contributed by atoms with Crippen LogP contribution in [0.25, 0.3) is 11.2 Å². The maximum atomic E-state index is 10.4. The van der Waals surface area contributed by atoms with Crippen LogP contribution in [0, 0.1) is 0 Å². The van der Waals surface area contributed by atoms with Gasteiger partial charge in [-0.2, -0.15) is 0 Å². The second kappa shape index (κ2) is 6.89. The molecule has 0 bridgehead atoms. The summed E-state index contributed by atoms with van der Waals surface area (Å²) in [6.07, 6.45) is -0.365. The lowest BCUT2D eigenvalue weighted by Gasteiger charge is -2.27. The maximum Gasteiger partial charge on any atom is 0.168 e. The Hall–Kier alpha value is -1.59. The summed E-state index contributed by atoms with van der Waals surface area (Å²) < 4.78 is 6.97. The molecule has 9 nitrogen and oxygen atoms in total. The van der Waals surface area contributed by atoms with Crippen molar-refractivity contribution in [2.45, 2.75) is 44.1 Å². The van der Waals surface area contributed by atoms with Crippen molar-refractivity contribution >= 4 is 26.5 Å². The molecule has 23 heavy (non-hydrogen) atoms. The van der Waals surface area contributed by atoms with Crippen molar-refractivity contribution in [2.24, 2.45) is 0 Å². The quantitative estimate of drug-likeness (QED) is 0.492. The SMILES string of the molecule is C[C@@]1(O)[C@H](O)[C@@H](CO)O[C@H]1n1cnc2c(N)ncnc21.C[SiH2]C. The molecule has 1 aliphatic heterocycles. The molecule has 128 valence electrons. The molecule has 1 aliphatic rings. The van der Waals surface area contributed by atoms with Crippen LogP contribution in [0.5, 0.6) is 0 Å². The molecular weight excluding hydrogens is 318 g/mol. The van der Waals surface area contributed by atoms with Gasteiger partial charge in [0.2, 0.25) is 0 Å². The van der Waals surface area contributed by atoms with Gasteiger partial charge < -0.3 is 25.8 Å². The smallest absolute Gasteiger partial charge is 0.168 e. The summed E-state index contributed by atoms with van der Waals surface area (Å²) in [4.78, 5) is 12.0. The van der Waals surface area contributed by atoms with Crippen LogP contribution in [-0.2, 0) is 4.74 Å². The van der Waals surface area contributed by atoms with Crippen LogP contribution in [0.4, 0.5) is 5.82 Å². The molecular formula is C13H23N5O4Si. The highest BCUT2D eigenvalue weighted by molar-refractivity contribution is 6.31. The van der Waals surface area contributed by atoms with Crippen LogP contribution in [0.2, 0.25) is 13.1 Å².